The van der Waals surface area contributed by atoms with Gasteiger partial charge in [0.2, 0.25) is 0 Å². The van der Waals surface area contributed by atoms with Crippen LogP contribution in [0.2, 0.25) is 0 Å². The number of halogens is 1. The van der Waals surface area contributed by atoms with Gasteiger partial charge in [0.15, 0.2) is 0 Å². The lowest BCUT2D eigenvalue weighted by Gasteiger charge is -2.17. The van der Waals surface area contributed by atoms with E-state index in [1.54, 1.807) is 24.1 Å². The molecule has 1 aromatic carbocycles. The highest BCUT2D eigenvalue weighted by molar-refractivity contribution is 5.94. The molecule has 0 aliphatic carbocycles. The van der Waals surface area contributed by atoms with Gasteiger partial charge in [0.05, 0.1) is 6.61 Å². The van der Waals surface area contributed by atoms with E-state index in [-0.39, 0.29) is 18.3 Å². The molecule has 0 bridgehead atoms. The quantitative estimate of drug-likeness (QED) is 0.859. The molecule has 0 aliphatic rings. The summed E-state index contributed by atoms with van der Waals surface area (Å²) in [7, 11) is 3.67. The Morgan fingerprint density at radius 3 is 2.78 bits per heavy atom. The van der Waals surface area contributed by atoms with Crippen molar-refractivity contribution in [1.29, 1.82) is 0 Å². The summed E-state index contributed by atoms with van der Waals surface area (Å²) < 4.78 is 5.37. The highest BCUT2D eigenvalue weighted by Crippen LogP contribution is 2.14. The molecule has 0 saturated carbocycles. The van der Waals surface area contributed by atoms with Crippen LogP contribution in [0.25, 0.3) is 0 Å². The Kier molecular flexibility index (Phi) is 8.16. The van der Waals surface area contributed by atoms with E-state index in [1.165, 1.54) is 0 Å². The number of amides is 1. The summed E-state index contributed by atoms with van der Waals surface area (Å²) in [5, 5.41) is 3.02. The Labute approximate surface area is 115 Å². The minimum atomic E-state index is 0. The first-order valence-corrected chi connectivity index (χ1v) is 5.82. The van der Waals surface area contributed by atoms with E-state index in [9.17, 15) is 4.79 Å². The Bertz CT molecular complexity index is 372. The lowest BCUT2D eigenvalue weighted by atomic mass is 10.2. The van der Waals surface area contributed by atoms with Crippen molar-refractivity contribution in [1.82, 2.24) is 10.2 Å². The second kappa shape index (κ2) is 8.78. The van der Waals surface area contributed by atoms with Gasteiger partial charge in [-0.3, -0.25) is 4.79 Å². The average molecular weight is 273 g/mol. The van der Waals surface area contributed by atoms with Crippen LogP contribution in [0.15, 0.2) is 24.3 Å². The van der Waals surface area contributed by atoms with Crippen LogP contribution in [-0.2, 0) is 0 Å². The van der Waals surface area contributed by atoms with Gasteiger partial charge in [0, 0.05) is 25.7 Å². The Balaban J connectivity index is 0.00000289. The highest BCUT2D eigenvalue weighted by Gasteiger charge is 2.11. The lowest BCUT2D eigenvalue weighted by Crippen LogP contribution is -2.32. The molecular weight excluding hydrogens is 252 g/mol. The van der Waals surface area contributed by atoms with Gasteiger partial charge in [-0.15, -0.1) is 12.4 Å². The zero-order chi connectivity index (χ0) is 12.7. The summed E-state index contributed by atoms with van der Waals surface area (Å²) in [5.74, 6) is 0.752. The third kappa shape index (κ3) is 4.94. The van der Waals surface area contributed by atoms with Gasteiger partial charge in [-0.1, -0.05) is 6.07 Å². The maximum atomic E-state index is 12.0. The van der Waals surface area contributed by atoms with Crippen LogP contribution in [0.1, 0.15) is 17.3 Å². The first-order chi connectivity index (χ1) is 8.19. The predicted molar refractivity (Wildman–Crippen MR) is 75.7 cm³/mol. The molecule has 4 nitrogen and oxygen atoms in total. The second-order valence-corrected chi connectivity index (χ2v) is 3.79. The molecule has 1 rings (SSSR count). The minimum absolute atomic E-state index is 0. The van der Waals surface area contributed by atoms with Gasteiger partial charge < -0.3 is 15.0 Å². The molecular formula is C13H21ClN2O2. The standard InChI is InChI=1S/C13H20N2O2.ClH/c1-4-17-12-7-5-6-11(10-12)13(16)15(3)9-8-14-2;/h5-7,10,14H,4,8-9H2,1-3H3;1H. The monoisotopic (exact) mass is 272 g/mol. The second-order valence-electron chi connectivity index (χ2n) is 3.79. The number of hydrogen-bond donors (Lipinski definition) is 1. The van der Waals surface area contributed by atoms with Crippen LogP contribution >= 0.6 is 12.4 Å². The van der Waals surface area contributed by atoms with Crippen molar-refractivity contribution in [2.75, 3.05) is 33.8 Å². The summed E-state index contributed by atoms with van der Waals surface area (Å²) >= 11 is 0. The van der Waals surface area contributed by atoms with E-state index < -0.39 is 0 Å². The van der Waals surface area contributed by atoms with E-state index in [0.29, 0.717) is 18.7 Å². The van der Waals surface area contributed by atoms with Gasteiger partial charge in [0.1, 0.15) is 5.75 Å². The maximum Gasteiger partial charge on any atom is 0.253 e. The van der Waals surface area contributed by atoms with E-state index in [4.69, 9.17) is 4.74 Å². The predicted octanol–water partition coefficient (Wildman–Crippen LogP) is 1.80. The van der Waals surface area contributed by atoms with Gasteiger partial charge in [-0.25, -0.2) is 0 Å². The van der Waals surface area contributed by atoms with Crippen molar-refractivity contribution >= 4 is 18.3 Å². The molecule has 0 aliphatic heterocycles. The third-order valence-electron chi connectivity index (χ3n) is 2.44. The van der Waals surface area contributed by atoms with E-state index in [0.717, 1.165) is 12.3 Å². The summed E-state index contributed by atoms with van der Waals surface area (Å²) in [4.78, 5) is 13.7. The van der Waals surface area contributed by atoms with Crippen LogP contribution in [0.3, 0.4) is 0 Å². The molecule has 0 radical (unpaired) electrons. The molecule has 0 spiro atoms. The molecule has 1 amide bonds. The highest BCUT2D eigenvalue weighted by atomic mass is 35.5. The molecule has 0 saturated heterocycles. The van der Waals surface area contributed by atoms with Crippen LogP contribution in [0, 0.1) is 0 Å². The molecule has 0 heterocycles. The SMILES string of the molecule is CCOc1cccc(C(=O)N(C)CCNC)c1.Cl. The van der Waals surface area contributed by atoms with Crippen molar-refractivity contribution in [2.24, 2.45) is 0 Å². The summed E-state index contributed by atoms with van der Waals surface area (Å²) in [6.07, 6.45) is 0. The molecule has 1 aromatic rings. The van der Waals surface area contributed by atoms with Gasteiger partial charge in [0.25, 0.3) is 5.91 Å². The first-order valence-electron chi connectivity index (χ1n) is 5.82. The molecule has 102 valence electrons. The Morgan fingerprint density at radius 1 is 1.44 bits per heavy atom. The minimum Gasteiger partial charge on any atom is -0.494 e. The number of carbonyl (C=O) groups excluding carboxylic acids is 1. The van der Waals surface area contributed by atoms with E-state index in [2.05, 4.69) is 5.32 Å². The Hall–Kier alpha value is -1.26. The zero-order valence-corrected chi connectivity index (χ0v) is 11.9. The summed E-state index contributed by atoms with van der Waals surface area (Å²) in [6, 6.07) is 7.28. The van der Waals surface area contributed by atoms with Crippen LogP contribution in [-0.4, -0.2) is 44.6 Å². The van der Waals surface area contributed by atoms with E-state index >= 15 is 0 Å². The molecule has 0 unspecified atom stereocenters. The summed E-state index contributed by atoms with van der Waals surface area (Å²) in [5.41, 5.74) is 0.662. The molecule has 0 aromatic heterocycles. The van der Waals surface area contributed by atoms with Crippen LogP contribution in [0.4, 0.5) is 0 Å². The number of ether oxygens (including phenoxy) is 1. The average Bonchev–Trinajstić information content (AvgIpc) is 2.35. The zero-order valence-electron chi connectivity index (χ0n) is 11.1. The lowest BCUT2D eigenvalue weighted by molar-refractivity contribution is 0.0796. The number of rotatable bonds is 6. The first kappa shape index (κ1) is 16.7. The molecule has 0 atom stereocenters. The maximum absolute atomic E-state index is 12.0. The van der Waals surface area contributed by atoms with Gasteiger partial charge >= 0.3 is 0 Å². The van der Waals surface area contributed by atoms with E-state index in [1.807, 2.05) is 26.1 Å². The van der Waals surface area contributed by atoms with Crippen LogP contribution in [0.5, 0.6) is 5.75 Å². The Morgan fingerprint density at radius 2 is 2.17 bits per heavy atom. The van der Waals surface area contributed by atoms with Crippen molar-refractivity contribution in [3.8, 4) is 5.75 Å². The fourth-order valence-electron chi connectivity index (χ4n) is 1.49. The molecule has 0 fully saturated rings. The third-order valence-corrected chi connectivity index (χ3v) is 2.44. The number of benzene rings is 1. The van der Waals surface area contributed by atoms with Crippen molar-refractivity contribution in [2.45, 2.75) is 6.92 Å². The largest absolute Gasteiger partial charge is 0.494 e. The van der Waals surface area contributed by atoms with Gasteiger partial charge in [-0.05, 0) is 32.2 Å². The molecule has 5 heteroatoms. The number of likely N-dealkylation sites (N-methyl/N-ethyl adjacent to an activating group) is 2. The fourth-order valence-corrected chi connectivity index (χ4v) is 1.49. The van der Waals surface area contributed by atoms with Crippen molar-refractivity contribution in [3.05, 3.63) is 29.8 Å². The number of nitrogens with one attached hydrogen (secondary N) is 1. The van der Waals surface area contributed by atoms with Gasteiger partial charge in [-0.2, -0.15) is 0 Å². The topological polar surface area (TPSA) is 41.6 Å². The van der Waals surface area contributed by atoms with Crippen molar-refractivity contribution in [3.63, 3.8) is 0 Å². The van der Waals surface area contributed by atoms with Crippen LogP contribution < -0.4 is 10.1 Å². The summed E-state index contributed by atoms with van der Waals surface area (Å²) in [6.45, 7) is 4.00. The smallest absolute Gasteiger partial charge is 0.253 e. The normalized spacial score (nSPS) is 9.50. The fraction of sp³-hybridized carbons (Fsp3) is 0.462. The molecule has 18 heavy (non-hydrogen) atoms. The number of carbonyl (C=O) groups is 1. The number of hydrogen-bond acceptors (Lipinski definition) is 3. The number of nitrogens with zero attached hydrogens (tertiary/aromatic N) is 1. The molecule has 1 N–H and O–H groups in total. The van der Waals surface area contributed by atoms with Crippen molar-refractivity contribution < 1.29 is 9.53 Å².